The van der Waals surface area contributed by atoms with E-state index in [0.29, 0.717) is 0 Å². The van der Waals surface area contributed by atoms with Crippen LogP contribution in [0.3, 0.4) is 0 Å². The third-order valence-corrected chi connectivity index (χ3v) is 14.4. The number of hydrogen-bond donors (Lipinski definition) is 4. The number of hydrogen-bond acceptors (Lipinski definition) is 10. The number of fused-ring (bicyclic) bond motifs is 8. The molecule has 0 saturated carbocycles. The van der Waals surface area contributed by atoms with Crippen LogP contribution >= 0.6 is 0 Å². The summed E-state index contributed by atoms with van der Waals surface area (Å²) in [6.07, 6.45) is 4.01. The molecule has 2 aromatic heterocycles. The van der Waals surface area contributed by atoms with Crippen LogP contribution in [0.2, 0.25) is 0 Å². The van der Waals surface area contributed by atoms with Crippen LogP contribution in [0.5, 0.6) is 0 Å². The number of ether oxygens (including phenoxy) is 2. The maximum Gasteiger partial charge on any atom is 0.338 e. The highest BCUT2D eigenvalue weighted by atomic mass is 16.6. The zero-order valence-electron chi connectivity index (χ0n) is 38.5. The number of carboxylic acids is 2. The minimum absolute atomic E-state index is 0.0229. The third kappa shape index (κ3) is 9.22. The number of H-pyrrole nitrogens is 2. The van der Waals surface area contributed by atoms with Crippen LogP contribution in [0.4, 0.5) is 0 Å². The minimum Gasteiger partial charge on any atom is -0.546 e. The van der Waals surface area contributed by atoms with Crippen molar-refractivity contribution in [2.45, 2.75) is 77.4 Å². The lowest BCUT2D eigenvalue weighted by molar-refractivity contribution is -0.538. The number of esters is 2. The number of aliphatic carboxylic acids is 2. The van der Waals surface area contributed by atoms with Crippen LogP contribution in [0.15, 0.2) is 109 Å². The second-order valence-corrected chi connectivity index (χ2v) is 18.0. The van der Waals surface area contributed by atoms with E-state index in [1.165, 1.54) is 117 Å². The van der Waals surface area contributed by atoms with Crippen molar-refractivity contribution in [3.8, 4) is 0 Å². The van der Waals surface area contributed by atoms with Crippen molar-refractivity contribution in [1.29, 1.82) is 0 Å². The van der Waals surface area contributed by atoms with E-state index in [1.807, 2.05) is 0 Å². The Kier molecular flexibility index (Phi) is 14.4. The second-order valence-electron chi connectivity index (χ2n) is 18.0. The molecule has 14 nitrogen and oxygen atoms in total. The quantitative estimate of drug-likeness (QED) is 0.107. The topological polar surface area (TPSA) is 211 Å². The Hall–Kier alpha value is -6.90. The highest BCUT2D eigenvalue weighted by Crippen LogP contribution is 2.41. The number of benzene rings is 4. The highest BCUT2D eigenvalue weighted by molar-refractivity contribution is 6.07. The van der Waals surface area contributed by atoms with Gasteiger partial charge in [-0.05, 0) is 73.2 Å². The zero-order valence-corrected chi connectivity index (χ0v) is 38.5. The lowest BCUT2D eigenvalue weighted by Gasteiger charge is -2.35. The standard InChI is InChI=1S/2C18H22N2O.C18H14O8/c2*1-2-18(12-21)9-5-10-20-11-8-14-13-6-3-4-7-15(13)19-16(14)17(18)20;19-15(20)13(25-17(23)11-7-3-1-4-8-11)14(16(21)22)26-18(24)12-9-5-2-6-10-12/h2*3-4,6-7,21H,2,5,8-12H2,1H3;1-10,13-14H,(H,19,20)(H,21,22)/t2*18-;13-,14-/m111/s1. The summed E-state index contributed by atoms with van der Waals surface area (Å²) in [4.78, 5) is 53.8. The lowest BCUT2D eigenvalue weighted by Crippen LogP contribution is -2.55. The first-order valence-corrected chi connectivity index (χ1v) is 23.6. The molecule has 6 aromatic rings. The molecule has 4 atom stereocenters. The van der Waals surface area contributed by atoms with Gasteiger partial charge in [0.05, 0.1) is 47.1 Å². The summed E-state index contributed by atoms with van der Waals surface area (Å²) in [7, 11) is 0. The SMILES string of the molecule is CC[C@]1(CO)CCC[N+]2=C1c1[nH]c3ccccc3c1CC2.CC[C@]1(CO)CCC[N+]2=C1c1[nH]c3ccccc3c1CC2.O=C(O[C@@H](C(=O)[O-])[C@@H](OC(=O)c1ccccc1)C(=O)[O-])c1ccccc1. The maximum atomic E-state index is 12.0. The second kappa shape index (κ2) is 20.5. The summed E-state index contributed by atoms with van der Waals surface area (Å²) in [5.74, 6) is -6.35. The van der Waals surface area contributed by atoms with Crippen LogP contribution in [0.1, 0.15) is 95.6 Å². The number of aliphatic hydroxyl groups is 2. The van der Waals surface area contributed by atoms with Gasteiger partial charge in [0.25, 0.3) is 0 Å². The van der Waals surface area contributed by atoms with Gasteiger partial charge in [-0.15, -0.1) is 0 Å². The van der Waals surface area contributed by atoms with E-state index in [2.05, 4.69) is 91.0 Å². The van der Waals surface area contributed by atoms with E-state index < -0.39 is 36.1 Å². The summed E-state index contributed by atoms with van der Waals surface area (Å²) in [6, 6.07) is 31.7. The van der Waals surface area contributed by atoms with Crippen LogP contribution in [0.25, 0.3) is 21.8 Å². The summed E-state index contributed by atoms with van der Waals surface area (Å²) in [5, 5.41) is 45.5. The molecule has 0 amide bonds. The lowest BCUT2D eigenvalue weighted by atomic mass is 9.72. The highest BCUT2D eigenvalue weighted by Gasteiger charge is 2.48. The van der Waals surface area contributed by atoms with Crippen LogP contribution in [-0.2, 0) is 31.9 Å². The predicted molar refractivity (Wildman–Crippen MR) is 252 cm³/mol. The number of para-hydroxylation sites is 2. The van der Waals surface area contributed by atoms with E-state index in [9.17, 15) is 39.6 Å². The Bertz CT molecular complexity index is 2680. The molecule has 4 aromatic carbocycles. The number of aromatic nitrogens is 2. The first-order valence-electron chi connectivity index (χ1n) is 23.6. The first-order chi connectivity index (χ1) is 33.0. The number of rotatable bonds is 11. The number of carbonyl (C=O) groups excluding carboxylic acids is 4. The number of nitrogens with one attached hydrogen (secondary N) is 2. The first kappa shape index (κ1) is 47.6. The summed E-state index contributed by atoms with van der Waals surface area (Å²) in [5.41, 5.74) is 10.5. The van der Waals surface area contributed by atoms with Gasteiger partial charge in [0, 0.05) is 47.5 Å². The molecule has 4 aliphatic heterocycles. The van der Waals surface area contributed by atoms with Gasteiger partial charge in [0.2, 0.25) is 11.4 Å². The molecule has 68 heavy (non-hydrogen) atoms. The van der Waals surface area contributed by atoms with Crippen molar-refractivity contribution in [3.63, 3.8) is 0 Å². The van der Waals surface area contributed by atoms with Gasteiger partial charge in [-0.25, -0.2) is 18.7 Å². The predicted octanol–water partition coefficient (Wildman–Crippen LogP) is 4.35. The normalized spacial score (nSPS) is 20.2. The molecule has 0 aliphatic carbocycles. The molecule has 14 heteroatoms. The Labute approximate surface area is 394 Å². The molecular formula is C54H58N4O10. The average Bonchev–Trinajstić information content (AvgIpc) is 3.96. The van der Waals surface area contributed by atoms with Gasteiger partial charge >= 0.3 is 11.9 Å². The van der Waals surface area contributed by atoms with Crippen LogP contribution < -0.4 is 10.2 Å². The maximum absolute atomic E-state index is 12.0. The van der Waals surface area contributed by atoms with Crippen molar-refractivity contribution in [1.82, 2.24) is 9.97 Å². The summed E-state index contributed by atoms with van der Waals surface area (Å²) < 4.78 is 14.3. The fourth-order valence-corrected chi connectivity index (χ4v) is 10.7. The van der Waals surface area contributed by atoms with Gasteiger partial charge in [-0.2, -0.15) is 0 Å². The number of carboxylic acid groups (broad SMARTS) is 2. The fraction of sp³-hybridized carbons (Fsp3) is 0.370. The molecule has 4 N–H and O–H groups in total. The summed E-state index contributed by atoms with van der Waals surface area (Å²) >= 11 is 0. The van der Waals surface area contributed by atoms with Crippen molar-refractivity contribution >= 4 is 57.1 Å². The molecule has 0 unspecified atom stereocenters. The Morgan fingerprint density at radius 3 is 1.29 bits per heavy atom. The number of nitrogens with zero attached hydrogens (tertiary/aromatic N) is 2. The molecule has 0 saturated heterocycles. The van der Waals surface area contributed by atoms with E-state index in [0.717, 1.165) is 64.7 Å². The Balaban J connectivity index is 0.000000139. The van der Waals surface area contributed by atoms with E-state index >= 15 is 0 Å². The Morgan fingerprint density at radius 1 is 0.574 bits per heavy atom. The number of aliphatic hydroxyl groups excluding tert-OH is 2. The van der Waals surface area contributed by atoms with E-state index in [4.69, 9.17) is 0 Å². The van der Waals surface area contributed by atoms with Crippen LogP contribution in [0, 0.1) is 10.8 Å². The molecule has 0 radical (unpaired) electrons. The molecular weight excluding hydrogens is 865 g/mol. The smallest absolute Gasteiger partial charge is 0.338 e. The molecule has 4 aliphatic rings. The third-order valence-electron chi connectivity index (χ3n) is 14.4. The van der Waals surface area contributed by atoms with Crippen LogP contribution in [-0.4, -0.2) is 116 Å². The van der Waals surface area contributed by atoms with E-state index in [1.54, 1.807) is 12.1 Å². The average molecular weight is 923 g/mol. The molecule has 0 bridgehead atoms. The van der Waals surface area contributed by atoms with Gasteiger partial charge in [0.1, 0.15) is 37.6 Å². The molecule has 354 valence electrons. The van der Waals surface area contributed by atoms with Gasteiger partial charge in [0.15, 0.2) is 12.2 Å². The molecule has 0 spiro atoms. The van der Waals surface area contributed by atoms with Crippen molar-refractivity contribution in [2.24, 2.45) is 10.8 Å². The number of aromatic amines is 2. The van der Waals surface area contributed by atoms with Gasteiger partial charge in [-0.1, -0.05) is 86.6 Å². The van der Waals surface area contributed by atoms with Crippen molar-refractivity contribution in [2.75, 3.05) is 39.4 Å². The molecule has 0 fully saturated rings. The molecule has 10 rings (SSSR count). The zero-order chi connectivity index (χ0) is 48.0. The van der Waals surface area contributed by atoms with E-state index in [-0.39, 0.29) is 35.2 Å². The molecule has 6 heterocycles. The fourth-order valence-electron chi connectivity index (χ4n) is 10.7. The van der Waals surface area contributed by atoms with Gasteiger partial charge < -0.3 is 49.5 Å². The minimum atomic E-state index is -2.39. The number of carbonyl (C=O) groups is 4. The largest absolute Gasteiger partial charge is 0.546 e. The van der Waals surface area contributed by atoms with Gasteiger partial charge in [-0.3, -0.25) is 0 Å². The monoisotopic (exact) mass is 922 g/mol. The van der Waals surface area contributed by atoms with Crippen molar-refractivity contribution in [3.05, 3.63) is 143 Å². The summed E-state index contributed by atoms with van der Waals surface area (Å²) in [6.45, 7) is 9.37. The van der Waals surface area contributed by atoms with Crippen molar-refractivity contribution < 1.29 is 58.2 Å². The Morgan fingerprint density at radius 2 is 0.941 bits per heavy atom.